The molecule has 5 heteroatoms. The summed E-state index contributed by atoms with van der Waals surface area (Å²) in [5.41, 5.74) is 0. The van der Waals surface area contributed by atoms with Crippen LogP contribution in [0.4, 0.5) is 0 Å². The lowest BCUT2D eigenvalue weighted by atomic mass is 10.6. The number of rotatable bonds is 0. The van der Waals surface area contributed by atoms with Gasteiger partial charge in [-0.1, -0.05) is 0 Å². The Hall–Kier alpha value is -1.83. The van der Waals surface area contributed by atoms with Crippen LogP contribution in [0.15, 0.2) is 0 Å². The lowest BCUT2D eigenvalue weighted by molar-refractivity contribution is -0.154. The third kappa shape index (κ3) is 6.05. The summed E-state index contributed by atoms with van der Waals surface area (Å²) in [4.78, 5) is 30.0. The Morgan fingerprint density at radius 1 is 1.27 bits per heavy atom. The molecule has 0 aromatic rings. The van der Waals surface area contributed by atoms with Crippen LogP contribution < -0.4 is 0 Å². The first-order valence-corrected chi connectivity index (χ1v) is 2.49. The summed E-state index contributed by atoms with van der Waals surface area (Å²) in [7, 11) is 0. The molecule has 0 rings (SSSR count). The van der Waals surface area contributed by atoms with Crippen molar-refractivity contribution in [2.75, 3.05) is 0 Å². The fourth-order valence-corrected chi connectivity index (χ4v) is 0.261. The van der Waals surface area contributed by atoms with Crippen LogP contribution >= 0.6 is 0 Å². The topological polar surface area (TPSA) is 80.7 Å². The Morgan fingerprint density at radius 2 is 1.82 bits per heavy atom. The molecule has 0 saturated heterocycles. The smallest absolute Gasteiger partial charge is 0.392 e. The largest absolute Gasteiger partial charge is 0.472 e. The summed E-state index contributed by atoms with van der Waals surface area (Å²) in [6, 6.07) is 0. The van der Waals surface area contributed by atoms with E-state index in [1.54, 1.807) is 5.92 Å². The molecule has 5 nitrogen and oxygen atoms in total. The Bertz CT molecular complexity index is 254. The predicted molar refractivity (Wildman–Crippen MR) is 32.2 cm³/mol. The molecule has 0 bridgehead atoms. The molecule has 0 amide bonds. The highest BCUT2D eigenvalue weighted by Gasteiger charge is 2.00. The van der Waals surface area contributed by atoms with Gasteiger partial charge in [0.2, 0.25) is 0 Å². The highest BCUT2D eigenvalue weighted by Crippen LogP contribution is 1.76. The molecule has 11 heavy (non-hydrogen) atoms. The molecule has 0 heterocycles. The Balaban J connectivity index is 4.01. The predicted octanol–water partition coefficient (Wildman–Crippen LogP) is -0.836. The Morgan fingerprint density at radius 3 is 2.18 bits per heavy atom. The van der Waals surface area contributed by atoms with Gasteiger partial charge in [-0.05, 0) is 0 Å². The summed E-state index contributed by atoms with van der Waals surface area (Å²) >= 11 is 0. The monoisotopic (exact) mass is 156 g/mol. The Kier molecular flexibility index (Phi) is 3.39. The van der Waals surface area contributed by atoms with E-state index in [1.807, 2.05) is 0 Å². The summed E-state index contributed by atoms with van der Waals surface area (Å²) in [5.74, 6) is -0.372. The van der Waals surface area contributed by atoms with E-state index in [-0.39, 0.29) is 0 Å². The van der Waals surface area contributed by atoms with E-state index in [0.717, 1.165) is 6.92 Å². The van der Waals surface area contributed by atoms with E-state index < -0.39 is 17.9 Å². The summed E-state index contributed by atoms with van der Waals surface area (Å²) in [5, 5.41) is 7.93. The average Bonchev–Trinajstić information content (AvgIpc) is 1.82. The van der Waals surface area contributed by atoms with Gasteiger partial charge in [-0.15, -0.1) is 0 Å². The standard InChI is InChI=1S/C6H4O5/c1-4(7)11-6(10)3-2-5(8)9/h1H3,(H,8,9). The van der Waals surface area contributed by atoms with Crippen molar-refractivity contribution in [3.63, 3.8) is 0 Å². The summed E-state index contributed by atoms with van der Waals surface area (Å²) < 4.78 is 3.89. The van der Waals surface area contributed by atoms with Crippen LogP contribution in [-0.4, -0.2) is 23.0 Å². The van der Waals surface area contributed by atoms with Gasteiger partial charge in [0.15, 0.2) is 0 Å². The van der Waals surface area contributed by atoms with Crippen LogP contribution in [-0.2, 0) is 19.1 Å². The van der Waals surface area contributed by atoms with Crippen LogP contribution in [0, 0.1) is 11.8 Å². The number of aliphatic carboxylic acids is 1. The van der Waals surface area contributed by atoms with Crippen LogP contribution in [0.25, 0.3) is 0 Å². The van der Waals surface area contributed by atoms with Gasteiger partial charge < -0.3 is 9.84 Å². The quantitative estimate of drug-likeness (QED) is 0.214. The maximum atomic E-state index is 10.3. The van der Waals surface area contributed by atoms with Gasteiger partial charge in [-0.2, -0.15) is 0 Å². The van der Waals surface area contributed by atoms with Crippen molar-refractivity contribution < 1.29 is 24.2 Å². The first kappa shape index (κ1) is 9.17. The number of carboxylic acids is 1. The van der Waals surface area contributed by atoms with Gasteiger partial charge >= 0.3 is 17.9 Å². The Labute approximate surface area is 62.0 Å². The number of carboxylic acid groups (broad SMARTS) is 1. The second kappa shape index (κ2) is 4.06. The zero-order valence-corrected chi connectivity index (χ0v) is 5.58. The van der Waals surface area contributed by atoms with Crippen LogP contribution in [0.1, 0.15) is 6.92 Å². The highest BCUT2D eigenvalue weighted by molar-refractivity contribution is 6.00. The van der Waals surface area contributed by atoms with Crippen LogP contribution in [0.3, 0.4) is 0 Å². The number of esters is 2. The summed E-state index contributed by atoms with van der Waals surface area (Å²) in [6.45, 7) is 1.01. The molecule has 0 aliphatic carbocycles. The van der Waals surface area contributed by atoms with E-state index >= 15 is 0 Å². The van der Waals surface area contributed by atoms with Crippen LogP contribution in [0.5, 0.6) is 0 Å². The number of hydrogen-bond donors (Lipinski definition) is 1. The minimum Gasteiger partial charge on any atom is -0.472 e. The molecule has 0 aromatic carbocycles. The fourth-order valence-electron chi connectivity index (χ4n) is 0.261. The van der Waals surface area contributed by atoms with Gasteiger partial charge in [-0.25, -0.2) is 9.59 Å². The number of ether oxygens (including phenoxy) is 1. The highest BCUT2D eigenvalue weighted by atomic mass is 16.6. The first-order valence-electron chi connectivity index (χ1n) is 2.49. The molecule has 0 spiro atoms. The summed E-state index contributed by atoms with van der Waals surface area (Å²) in [6.07, 6.45) is 0. The lowest BCUT2D eigenvalue weighted by Crippen LogP contribution is -2.06. The molecule has 0 atom stereocenters. The van der Waals surface area contributed by atoms with Crippen molar-refractivity contribution in [1.29, 1.82) is 0 Å². The second-order valence-electron chi connectivity index (χ2n) is 1.44. The number of carbonyl (C=O) groups is 3. The molecule has 0 aliphatic heterocycles. The fraction of sp³-hybridized carbons (Fsp3) is 0.167. The first-order chi connectivity index (χ1) is 5.02. The third-order valence-electron chi connectivity index (χ3n) is 0.508. The van der Waals surface area contributed by atoms with Crippen molar-refractivity contribution in [2.24, 2.45) is 0 Å². The van der Waals surface area contributed by atoms with Gasteiger partial charge in [-0.3, -0.25) is 4.79 Å². The van der Waals surface area contributed by atoms with E-state index in [0.29, 0.717) is 0 Å². The van der Waals surface area contributed by atoms with Gasteiger partial charge in [0.1, 0.15) is 0 Å². The molecule has 0 aromatic heterocycles. The molecular weight excluding hydrogens is 152 g/mol. The normalized spacial score (nSPS) is 7.36. The van der Waals surface area contributed by atoms with Crippen molar-refractivity contribution in [1.82, 2.24) is 0 Å². The van der Waals surface area contributed by atoms with Gasteiger partial charge in [0.25, 0.3) is 0 Å². The van der Waals surface area contributed by atoms with Crippen molar-refractivity contribution in [3.05, 3.63) is 0 Å². The lowest BCUT2D eigenvalue weighted by Gasteiger charge is -1.87. The van der Waals surface area contributed by atoms with Crippen molar-refractivity contribution >= 4 is 17.9 Å². The molecule has 0 aliphatic rings. The third-order valence-corrected chi connectivity index (χ3v) is 0.508. The van der Waals surface area contributed by atoms with E-state index in [4.69, 9.17) is 5.11 Å². The van der Waals surface area contributed by atoms with E-state index in [1.165, 1.54) is 5.92 Å². The molecule has 0 fully saturated rings. The van der Waals surface area contributed by atoms with E-state index in [9.17, 15) is 14.4 Å². The van der Waals surface area contributed by atoms with E-state index in [2.05, 4.69) is 4.74 Å². The maximum Gasteiger partial charge on any atom is 0.392 e. The molecule has 58 valence electrons. The van der Waals surface area contributed by atoms with Crippen LogP contribution in [0.2, 0.25) is 0 Å². The SMILES string of the molecule is CC(=O)OC(=O)C#CC(=O)O. The molecular formula is C6H4O5. The number of carbonyl (C=O) groups excluding carboxylic acids is 2. The van der Waals surface area contributed by atoms with Crippen molar-refractivity contribution in [3.8, 4) is 11.8 Å². The molecule has 1 N–H and O–H groups in total. The zero-order chi connectivity index (χ0) is 8.85. The van der Waals surface area contributed by atoms with Gasteiger partial charge in [0.05, 0.1) is 0 Å². The number of hydrogen-bond acceptors (Lipinski definition) is 4. The molecule has 0 saturated carbocycles. The van der Waals surface area contributed by atoms with Gasteiger partial charge in [0, 0.05) is 18.8 Å². The maximum absolute atomic E-state index is 10.3. The molecule has 0 unspecified atom stereocenters. The van der Waals surface area contributed by atoms with Crippen molar-refractivity contribution in [2.45, 2.75) is 6.92 Å². The minimum atomic E-state index is -1.45. The second-order valence-corrected chi connectivity index (χ2v) is 1.44. The average molecular weight is 156 g/mol. The zero-order valence-electron chi connectivity index (χ0n) is 5.58. The molecule has 0 radical (unpaired) electrons. The minimum absolute atomic E-state index is 0.824.